The maximum atomic E-state index is 11.1. The van der Waals surface area contributed by atoms with Crippen molar-refractivity contribution in [2.75, 3.05) is 5.75 Å². The Kier molecular flexibility index (Phi) is 7.19. The van der Waals surface area contributed by atoms with Crippen molar-refractivity contribution in [2.24, 2.45) is 17.8 Å². The van der Waals surface area contributed by atoms with Gasteiger partial charge in [-0.2, -0.15) is 0 Å². The fourth-order valence-corrected chi connectivity index (χ4v) is 4.34. The van der Waals surface area contributed by atoms with Crippen molar-refractivity contribution in [3.63, 3.8) is 0 Å². The third-order valence-electron chi connectivity index (χ3n) is 4.00. The van der Waals surface area contributed by atoms with Gasteiger partial charge in [-0.25, -0.2) is 0 Å². The van der Waals surface area contributed by atoms with Crippen molar-refractivity contribution in [1.82, 2.24) is 0 Å². The van der Waals surface area contributed by atoms with Crippen LogP contribution in [-0.2, 0) is 19.1 Å². The van der Waals surface area contributed by atoms with E-state index in [2.05, 4.69) is 0 Å². The monoisotopic (exact) mass is 332 g/mol. The lowest BCUT2D eigenvalue weighted by atomic mass is 9.75. The average molecular weight is 332 g/mol. The molecule has 0 aromatic heterocycles. The van der Waals surface area contributed by atoms with Gasteiger partial charge in [0.15, 0.2) is 0 Å². The normalized spacial score (nSPS) is 29.6. The molecule has 2 N–H and O–H groups in total. The minimum absolute atomic E-state index is 0.0898. The van der Waals surface area contributed by atoms with Crippen molar-refractivity contribution in [2.45, 2.75) is 51.4 Å². The number of carboxylic acids is 2. The minimum atomic E-state index is -1.10. The van der Waals surface area contributed by atoms with E-state index in [0.717, 1.165) is 12.8 Å². The van der Waals surface area contributed by atoms with Crippen molar-refractivity contribution >= 4 is 29.7 Å². The van der Waals surface area contributed by atoms with E-state index in [4.69, 9.17) is 14.9 Å². The summed E-state index contributed by atoms with van der Waals surface area (Å²) in [7, 11) is 0. The number of esters is 1. The largest absolute Gasteiger partial charge is 0.481 e. The van der Waals surface area contributed by atoms with Gasteiger partial charge in [0.05, 0.1) is 6.42 Å². The van der Waals surface area contributed by atoms with Gasteiger partial charge in [0.2, 0.25) is 0 Å². The Bertz CT molecular complexity index is 412. The van der Waals surface area contributed by atoms with E-state index in [0.29, 0.717) is 11.7 Å². The van der Waals surface area contributed by atoms with E-state index < -0.39 is 17.2 Å². The molecule has 1 fully saturated rings. The first-order chi connectivity index (χ1) is 10.2. The first-order valence-corrected chi connectivity index (χ1v) is 8.49. The Morgan fingerprint density at radius 1 is 1.18 bits per heavy atom. The van der Waals surface area contributed by atoms with Gasteiger partial charge in [0.25, 0.3) is 0 Å². The molecule has 1 aliphatic carbocycles. The van der Waals surface area contributed by atoms with Crippen LogP contribution in [0.1, 0.15) is 40.0 Å². The van der Waals surface area contributed by atoms with Crippen LogP contribution in [0.2, 0.25) is 0 Å². The highest BCUT2D eigenvalue weighted by Gasteiger charge is 2.35. The van der Waals surface area contributed by atoms with Gasteiger partial charge in [0.1, 0.15) is 11.4 Å². The molecular formula is C15H24O6S. The number of ether oxygens (including phenoxy) is 1. The number of aliphatic carboxylic acids is 2. The maximum absolute atomic E-state index is 11.1. The Labute approximate surface area is 134 Å². The smallest absolute Gasteiger partial charge is 0.317 e. The van der Waals surface area contributed by atoms with Gasteiger partial charge in [-0.3, -0.25) is 14.4 Å². The fraction of sp³-hybridized carbons (Fsp3) is 0.800. The van der Waals surface area contributed by atoms with Crippen LogP contribution in [0.25, 0.3) is 0 Å². The standard InChI is InChI=1S/C15H24O6S/c1-8-4-11(5-9(2)14(8)21-10(3)16)7-22-12(15(19)20)6-13(17)18/h8-9,11-12,14H,4-7H2,1-3H3,(H,17,18)(H,19,20). The van der Waals surface area contributed by atoms with Gasteiger partial charge in [-0.05, 0) is 36.3 Å². The van der Waals surface area contributed by atoms with Crippen LogP contribution in [0.3, 0.4) is 0 Å². The quantitative estimate of drug-likeness (QED) is 0.690. The Hall–Kier alpha value is -1.24. The van der Waals surface area contributed by atoms with Gasteiger partial charge in [0, 0.05) is 6.92 Å². The predicted molar refractivity (Wildman–Crippen MR) is 82.7 cm³/mol. The summed E-state index contributed by atoms with van der Waals surface area (Å²) in [5.41, 5.74) is 0. The number of carboxylic acid groups (broad SMARTS) is 2. The summed E-state index contributed by atoms with van der Waals surface area (Å²) in [6.07, 6.45) is 1.25. The molecule has 7 heteroatoms. The van der Waals surface area contributed by atoms with Crippen LogP contribution in [-0.4, -0.2) is 45.2 Å². The van der Waals surface area contributed by atoms with E-state index in [-0.39, 0.29) is 30.3 Å². The second-order valence-electron chi connectivity index (χ2n) is 6.12. The number of hydrogen-bond donors (Lipinski definition) is 2. The van der Waals surface area contributed by atoms with Gasteiger partial charge in [-0.15, -0.1) is 11.8 Å². The first kappa shape index (κ1) is 18.8. The molecule has 0 heterocycles. The zero-order chi connectivity index (χ0) is 16.9. The van der Waals surface area contributed by atoms with E-state index >= 15 is 0 Å². The molecule has 0 saturated heterocycles. The molecule has 0 amide bonds. The van der Waals surface area contributed by atoms with Crippen LogP contribution in [0.5, 0.6) is 0 Å². The molecule has 1 saturated carbocycles. The molecule has 0 aliphatic heterocycles. The lowest BCUT2D eigenvalue weighted by Gasteiger charge is -2.38. The van der Waals surface area contributed by atoms with Crippen molar-refractivity contribution in [3.05, 3.63) is 0 Å². The average Bonchev–Trinajstić information content (AvgIpc) is 2.37. The van der Waals surface area contributed by atoms with E-state index in [1.807, 2.05) is 13.8 Å². The number of carbonyl (C=O) groups is 3. The van der Waals surface area contributed by atoms with Crippen molar-refractivity contribution in [1.29, 1.82) is 0 Å². The summed E-state index contributed by atoms with van der Waals surface area (Å²) < 4.78 is 5.36. The van der Waals surface area contributed by atoms with E-state index in [1.165, 1.54) is 18.7 Å². The van der Waals surface area contributed by atoms with Gasteiger partial charge >= 0.3 is 17.9 Å². The highest BCUT2D eigenvalue weighted by Crippen LogP contribution is 2.37. The molecule has 0 aromatic rings. The van der Waals surface area contributed by atoms with Crippen LogP contribution in [0, 0.1) is 17.8 Å². The van der Waals surface area contributed by atoms with Crippen molar-refractivity contribution in [3.8, 4) is 0 Å². The Balaban J connectivity index is 2.53. The highest BCUT2D eigenvalue weighted by molar-refractivity contribution is 8.00. The third kappa shape index (κ3) is 5.87. The van der Waals surface area contributed by atoms with Gasteiger partial charge < -0.3 is 14.9 Å². The van der Waals surface area contributed by atoms with Crippen LogP contribution >= 0.6 is 11.8 Å². The number of thioether (sulfide) groups is 1. The molecule has 3 atom stereocenters. The lowest BCUT2D eigenvalue weighted by Crippen LogP contribution is -2.38. The third-order valence-corrected chi connectivity index (χ3v) is 5.44. The molecular weight excluding hydrogens is 308 g/mol. The molecule has 1 aliphatic rings. The van der Waals surface area contributed by atoms with Gasteiger partial charge in [-0.1, -0.05) is 13.8 Å². The molecule has 0 bridgehead atoms. The summed E-state index contributed by atoms with van der Waals surface area (Å²) in [5, 5.41) is 16.9. The number of hydrogen-bond acceptors (Lipinski definition) is 5. The zero-order valence-corrected chi connectivity index (χ0v) is 14.0. The number of rotatable bonds is 7. The molecule has 0 aromatic carbocycles. The summed E-state index contributed by atoms with van der Waals surface area (Å²) in [6.45, 7) is 5.48. The second kappa shape index (κ2) is 8.41. The second-order valence-corrected chi connectivity index (χ2v) is 7.36. The highest BCUT2D eigenvalue weighted by atomic mass is 32.2. The summed E-state index contributed by atoms with van der Waals surface area (Å²) in [4.78, 5) is 32.9. The Morgan fingerprint density at radius 3 is 2.14 bits per heavy atom. The lowest BCUT2D eigenvalue weighted by molar-refractivity contribution is -0.154. The fourth-order valence-electron chi connectivity index (χ4n) is 3.17. The van der Waals surface area contributed by atoms with Crippen molar-refractivity contribution < 1.29 is 29.3 Å². The predicted octanol–water partition coefficient (Wildman–Crippen LogP) is 2.26. The minimum Gasteiger partial charge on any atom is -0.481 e. The molecule has 0 spiro atoms. The maximum Gasteiger partial charge on any atom is 0.317 e. The zero-order valence-electron chi connectivity index (χ0n) is 13.2. The molecule has 22 heavy (non-hydrogen) atoms. The number of carbonyl (C=O) groups excluding carboxylic acids is 1. The van der Waals surface area contributed by atoms with E-state index in [9.17, 15) is 14.4 Å². The molecule has 126 valence electrons. The Morgan fingerprint density at radius 2 is 1.73 bits per heavy atom. The van der Waals surface area contributed by atoms with Crippen LogP contribution < -0.4 is 0 Å². The van der Waals surface area contributed by atoms with E-state index in [1.54, 1.807) is 0 Å². The first-order valence-electron chi connectivity index (χ1n) is 7.44. The van der Waals surface area contributed by atoms with Crippen LogP contribution in [0.15, 0.2) is 0 Å². The topological polar surface area (TPSA) is 101 Å². The molecule has 3 unspecified atom stereocenters. The summed E-state index contributed by atoms with van der Waals surface area (Å²) >= 11 is 1.20. The SMILES string of the molecule is CC(=O)OC1C(C)CC(CSC(CC(=O)O)C(=O)O)CC1C. The molecule has 0 radical (unpaired) electrons. The molecule has 1 rings (SSSR count). The van der Waals surface area contributed by atoms with Crippen LogP contribution in [0.4, 0.5) is 0 Å². The molecule has 6 nitrogen and oxygen atoms in total. The summed E-state index contributed by atoms with van der Waals surface area (Å²) in [6, 6.07) is 0. The summed E-state index contributed by atoms with van der Waals surface area (Å²) in [5.74, 6) is -1.07.